The van der Waals surface area contributed by atoms with E-state index in [2.05, 4.69) is 15.0 Å². The number of likely N-dealkylation sites (tertiary alicyclic amines) is 1. The number of aromatic nitrogens is 2. The molecule has 4 rings (SSSR count). The zero-order chi connectivity index (χ0) is 20.1. The van der Waals surface area contributed by atoms with Crippen molar-refractivity contribution in [2.24, 2.45) is 11.8 Å². The molecule has 1 spiro atoms. The Kier molecular flexibility index (Phi) is 6.85. The van der Waals surface area contributed by atoms with Crippen LogP contribution in [0, 0.1) is 11.8 Å². The van der Waals surface area contributed by atoms with Crippen LogP contribution >= 0.6 is 0 Å². The molecule has 1 saturated carbocycles. The van der Waals surface area contributed by atoms with E-state index in [0.717, 1.165) is 70.6 Å². The number of piperidine rings is 1. The van der Waals surface area contributed by atoms with Crippen molar-refractivity contribution in [1.82, 2.24) is 15.0 Å². The molecule has 1 atom stereocenters. The monoisotopic (exact) mass is 405 g/mol. The van der Waals surface area contributed by atoms with E-state index in [9.17, 15) is 4.79 Å². The van der Waals surface area contributed by atoms with Gasteiger partial charge in [-0.15, -0.1) is 0 Å². The van der Waals surface area contributed by atoms with E-state index in [1.807, 2.05) is 0 Å². The van der Waals surface area contributed by atoms with Gasteiger partial charge in [0.15, 0.2) is 5.82 Å². The Bertz CT molecular complexity index is 663. The third-order valence-electron chi connectivity index (χ3n) is 7.11. The largest absolute Gasteiger partial charge is 0.377 e. The van der Waals surface area contributed by atoms with Gasteiger partial charge in [0.2, 0.25) is 11.8 Å². The minimum absolute atomic E-state index is 0.0828. The Balaban J connectivity index is 1.24. The summed E-state index contributed by atoms with van der Waals surface area (Å²) in [5, 5.41) is 3.96. The molecule has 2 aliphatic heterocycles. The van der Waals surface area contributed by atoms with Crippen LogP contribution in [0.1, 0.15) is 75.9 Å². The van der Waals surface area contributed by atoms with Gasteiger partial charge in [0, 0.05) is 39.6 Å². The average Bonchev–Trinajstić information content (AvgIpc) is 3.39. The maximum Gasteiger partial charge on any atom is 0.227 e. The fourth-order valence-electron chi connectivity index (χ4n) is 5.41. The number of amides is 1. The number of methoxy groups -OCH3 is 1. The molecule has 1 aliphatic carbocycles. The number of nitrogens with zero attached hydrogens (tertiary/aromatic N) is 3. The number of carbonyl (C=O) groups excluding carboxylic acids is 1. The highest BCUT2D eigenvalue weighted by molar-refractivity contribution is 5.76. The Morgan fingerprint density at radius 1 is 1.21 bits per heavy atom. The Labute approximate surface area is 173 Å². The van der Waals surface area contributed by atoms with Crippen LogP contribution in [0.15, 0.2) is 4.52 Å². The van der Waals surface area contributed by atoms with Crippen LogP contribution in [0.2, 0.25) is 0 Å². The first-order valence-corrected chi connectivity index (χ1v) is 11.4. The molecule has 3 heterocycles. The lowest BCUT2D eigenvalue weighted by molar-refractivity contribution is -0.147. The first-order valence-electron chi connectivity index (χ1n) is 11.4. The molecule has 0 N–H and O–H groups in total. The summed E-state index contributed by atoms with van der Waals surface area (Å²) in [5.41, 5.74) is -0.0828. The maximum atomic E-state index is 12.6. The molecular weight excluding hydrogens is 370 g/mol. The summed E-state index contributed by atoms with van der Waals surface area (Å²) in [6.45, 7) is 2.81. The topological polar surface area (TPSA) is 77.7 Å². The summed E-state index contributed by atoms with van der Waals surface area (Å²) in [7, 11) is 1.63. The van der Waals surface area contributed by atoms with Crippen LogP contribution in [0.5, 0.6) is 0 Å². The summed E-state index contributed by atoms with van der Waals surface area (Å²) in [4.78, 5) is 19.1. The second-order valence-corrected chi connectivity index (χ2v) is 9.20. The lowest BCUT2D eigenvalue weighted by atomic mass is 9.78. The highest BCUT2D eigenvalue weighted by atomic mass is 16.5. The van der Waals surface area contributed by atoms with Gasteiger partial charge in [-0.1, -0.05) is 30.8 Å². The Hall–Kier alpha value is -1.47. The van der Waals surface area contributed by atoms with Gasteiger partial charge < -0.3 is 18.9 Å². The molecule has 7 nitrogen and oxygen atoms in total. The lowest BCUT2D eigenvalue weighted by Gasteiger charge is -2.46. The molecule has 29 heavy (non-hydrogen) atoms. The zero-order valence-electron chi connectivity index (χ0n) is 17.7. The van der Waals surface area contributed by atoms with Gasteiger partial charge in [0.25, 0.3) is 0 Å². The number of carbonyl (C=O) groups is 1. The summed E-state index contributed by atoms with van der Waals surface area (Å²) in [6, 6.07) is 0. The van der Waals surface area contributed by atoms with Crippen molar-refractivity contribution in [3.63, 3.8) is 0 Å². The minimum Gasteiger partial charge on any atom is -0.377 e. The van der Waals surface area contributed by atoms with Crippen LogP contribution in [0.25, 0.3) is 0 Å². The van der Waals surface area contributed by atoms with Crippen LogP contribution < -0.4 is 0 Å². The van der Waals surface area contributed by atoms with Crippen LogP contribution in [-0.2, 0) is 27.3 Å². The summed E-state index contributed by atoms with van der Waals surface area (Å²) in [6.07, 6.45) is 11.9. The molecule has 3 aliphatic rings. The molecule has 1 aromatic rings. The Morgan fingerprint density at radius 2 is 2.00 bits per heavy atom. The van der Waals surface area contributed by atoms with E-state index in [1.54, 1.807) is 7.11 Å². The fraction of sp³-hybridized carbons (Fsp3) is 0.864. The van der Waals surface area contributed by atoms with Gasteiger partial charge in [0.05, 0.1) is 5.60 Å². The van der Waals surface area contributed by atoms with Crippen molar-refractivity contribution in [3.05, 3.63) is 11.7 Å². The second kappa shape index (κ2) is 9.56. The van der Waals surface area contributed by atoms with Crippen LogP contribution in [0.3, 0.4) is 0 Å². The number of hydrogen-bond donors (Lipinski definition) is 0. The van der Waals surface area contributed by atoms with Crippen molar-refractivity contribution in [2.45, 2.75) is 82.8 Å². The first kappa shape index (κ1) is 20.8. The van der Waals surface area contributed by atoms with Crippen molar-refractivity contribution in [3.8, 4) is 0 Å². The fourth-order valence-corrected chi connectivity index (χ4v) is 5.41. The quantitative estimate of drug-likeness (QED) is 0.691. The third-order valence-corrected chi connectivity index (χ3v) is 7.11. The van der Waals surface area contributed by atoms with Gasteiger partial charge in [-0.25, -0.2) is 0 Å². The van der Waals surface area contributed by atoms with Gasteiger partial charge in [-0.05, 0) is 43.9 Å². The normalized spacial score (nSPS) is 25.0. The minimum atomic E-state index is -0.0828. The molecule has 1 amide bonds. The zero-order valence-corrected chi connectivity index (χ0v) is 17.7. The average molecular weight is 406 g/mol. The predicted octanol–water partition coefficient (Wildman–Crippen LogP) is 3.52. The van der Waals surface area contributed by atoms with E-state index >= 15 is 0 Å². The SMILES string of the molecule is COCc1noc(CC2CCOC3(CCN(C(=O)CCC4CCCC4)CC3)C2)n1. The molecule has 3 fully saturated rings. The van der Waals surface area contributed by atoms with E-state index in [4.69, 9.17) is 14.0 Å². The molecule has 162 valence electrons. The molecule has 0 radical (unpaired) electrons. The van der Waals surface area contributed by atoms with Crippen molar-refractivity contribution in [2.75, 3.05) is 26.8 Å². The smallest absolute Gasteiger partial charge is 0.227 e. The van der Waals surface area contributed by atoms with Gasteiger partial charge >= 0.3 is 0 Å². The molecule has 2 saturated heterocycles. The molecule has 7 heteroatoms. The summed E-state index contributed by atoms with van der Waals surface area (Å²) >= 11 is 0. The van der Waals surface area contributed by atoms with E-state index in [-0.39, 0.29) is 5.60 Å². The maximum absolute atomic E-state index is 12.6. The van der Waals surface area contributed by atoms with E-state index in [1.165, 1.54) is 25.7 Å². The first-order chi connectivity index (χ1) is 14.2. The van der Waals surface area contributed by atoms with E-state index in [0.29, 0.717) is 30.1 Å². The molecular formula is C22H35N3O4. The van der Waals surface area contributed by atoms with Crippen molar-refractivity contribution >= 4 is 5.91 Å². The highest BCUT2D eigenvalue weighted by Gasteiger charge is 2.41. The summed E-state index contributed by atoms with van der Waals surface area (Å²) in [5.74, 6) is 2.92. The third kappa shape index (κ3) is 5.37. The molecule has 1 unspecified atom stereocenters. The number of ether oxygens (including phenoxy) is 2. The van der Waals surface area contributed by atoms with Crippen LogP contribution in [-0.4, -0.2) is 53.4 Å². The second-order valence-electron chi connectivity index (χ2n) is 9.20. The van der Waals surface area contributed by atoms with Gasteiger partial charge in [-0.3, -0.25) is 4.79 Å². The molecule has 0 aromatic carbocycles. The molecule has 1 aromatic heterocycles. The van der Waals surface area contributed by atoms with Gasteiger partial charge in [0.1, 0.15) is 6.61 Å². The van der Waals surface area contributed by atoms with Crippen molar-refractivity contribution < 1.29 is 18.8 Å². The van der Waals surface area contributed by atoms with Crippen LogP contribution in [0.4, 0.5) is 0 Å². The number of rotatable bonds is 7. The van der Waals surface area contributed by atoms with Gasteiger partial charge in [-0.2, -0.15) is 4.98 Å². The van der Waals surface area contributed by atoms with Crippen molar-refractivity contribution in [1.29, 1.82) is 0 Å². The molecule has 0 bridgehead atoms. The predicted molar refractivity (Wildman–Crippen MR) is 107 cm³/mol. The number of hydrogen-bond acceptors (Lipinski definition) is 6. The summed E-state index contributed by atoms with van der Waals surface area (Å²) < 4.78 is 16.7. The highest BCUT2D eigenvalue weighted by Crippen LogP contribution is 2.39. The standard InChI is InChI=1S/C22H35N3O4/c1-27-16-19-23-20(29-24-19)14-18-8-13-28-22(15-18)9-11-25(12-10-22)21(26)7-6-17-4-2-3-5-17/h17-18H,2-16H2,1H3. The lowest BCUT2D eigenvalue weighted by Crippen LogP contribution is -2.51. The van der Waals surface area contributed by atoms with E-state index < -0.39 is 0 Å². The Morgan fingerprint density at radius 3 is 2.76 bits per heavy atom.